The number of halogens is 1. The molecule has 2 aliphatic heterocycles. The Morgan fingerprint density at radius 3 is 2.75 bits per heavy atom. The highest BCUT2D eigenvalue weighted by atomic mass is 35.5. The molecule has 1 saturated heterocycles. The van der Waals surface area contributed by atoms with Crippen LogP contribution in [0.2, 0.25) is 5.02 Å². The molecule has 1 fully saturated rings. The minimum absolute atomic E-state index is 0.186. The fraction of sp³-hybridized carbons (Fsp3) is 0.269. The molecule has 182 valence electrons. The number of benzene rings is 1. The summed E-state index contributed by atoms with van der Waals surface area (Å²) in [5.74, 6) is -0.0464. The number of fused-ring (bicyclic) bond motifs is 6. The molecule has 3 N–H and O–H groups in total. The molecule has 6 rings (SSSR count). The van der Waals surface area contributed by atoms with Gasteiger partial charge in [0.2, 0.25) is 17.6 Å². The largest absolute Gasteiger partial charge is 0.494 e. The Balaban J connectivity index is 1.45. The van der Waals surface area contributed by atoms with E-state index < -0.39 is 17.3 Å². The first-order valence-electron chi connectivity index (χ1n) is 11.4. The van der Waals surface area contributed by atoms with Gasteiger partial charge in [0.05, 0.1) is 45.6 Å². The van der Waals surface area contributed by atoms with Crippen LogP contribution < -0.4 is 4.74 Å². The van der Waals surface area contributed by atoms with E-state index in [0.717, 1.165) is 0 Å². The molecule has 0 spiro atoms. The number of hydrogen-bond acceptors (Lipinski definition) is 8. The average molecular weight is 505 g/mol. The Bertz CT molecular complexity index is 1560. The molecule has 1 aromatic carbocycles. The number of nitrogens with zero attached hydrogens (tertiary/aromatic N) is 4. The molecule has 2 bridgehead atoms. The molecule has 4 aromatic rings. The number of pyridine rings is 2. The molecular weight excluding hydrogens is 484 g/mol. The number of aromatic hydroxyl groups is 2. The molecule has 2 aliphatic rings. The minimum Gasteiger partial charge on any atom is -0.494 e. The van der Waals surface area contributed by atoms with Crippen LogP contribution in [0.4, 0.5) is 0 Å². The van der Waals surface area contributed by atoms with Gasteiger partial charge in [-0.1, -0.05) is 11.6 Å². The van der Waals surface area contributed by atoms with Crippen LogP contribution in [-0.2, 0) is 15.9 Å². The van der Waals surface area contributed by atoms with E-state index in [1.54, 1.807) is 49.5 Å². The van der Waals surface area contributed by atoms with Crippen molar-refractivity contribution in [1.29, 1.82) is 5.26 Å². The van der Waals surface area contributed by atoms with Crippen molar-refractivity contribution in [3.63, 3.8) is 0 Å². The predicted octanol–water partition coefficient (Wildman–Crippen LogP) is 4.03. The fourth-order valence-corrected chi connectivity index (χ4v) is 5.67. The van der Waals surface area contributed by atoms with E-state index in [2.05, 4.69) is 16.0 Å². The molecule has 0 aliphatic carbocycles. The Morgan fingerprint density at radius 2 is 2.00 bits per heavy atom. The summed E-state index contributed by atoms with van der Waals surface area (Å²) in [6.45, 7) is 1.89. The van der Waals surface area contributed by atoms with Crippen LogP contribution in [0.15, 0.2) is 48.8 Å². The lowest BCUT2D eigenvalue weighted by atomic mass is 9.76. The molecule has 9 nitrogen and oxygen atoms in total. The van der Waals surface area contributed by atoms with E-state index in [1.807, 2.05) is 0 Å². The zero-order valence-electron chi connectivity index (χ0n) is 19.1. The number of rotatable bonds is 5. The summed E-state index contributed by atoms with van der Waals surface area (Å²) >= 11 is 5.89. The molecule has 3 atom stereocenters. The number of aliphatic hydroxyl groups is 1. The van der Waals surface area contributed by atoms with Crippen molar-refractivity contribution in [2.45, 2.75) is 37.1 Å². The maximum Gasteiger partial charge on any atom is 0.213 e. The second kappa shape index (κ2) is 7.83. The Hall–Kier alpha value is -3.84. The van der Waals surface area contributed by atoms with Crippen LogP contribution in [0.25, 0.3) is 16.6 Å². The minimum atomic E-state index is -1.22. The van der Waals surface area contributed by atoms with E-state index in [1.165, 1.54) is 10.8 Å². The highest BCUT2D eigenvalue weighted by molar-refractivity contribution is 6.30. The van der Waals surface area contributed by atoms with Crippen molar-refractivity contribution in [3.8, 4) is 29.4 Å². The number of hydrogen-bond donors (Lipinski definition) is 3. The second-order valence-corrected chi connectivity index (χ2v) is 9.65. The third-order valence-electron chi connectivity index (χ3n) is 7.20. The van der Waals surface area contributed by atoms with Gasteiger partial charge in [0, 0.05) is 36.7 Å². The quantitative estimate of drug-likeness (QED) is 0.371. The van der Waals surface area contributed by atoms with Crippen LogP contribution in [-0.4, -0.2) is 42.6 Å². The van der Waals surface area contributed by atoms with Gasteiger partial charge in [-0.05, 0) is 37.3 Å². The maximum absolute atomic E-state index is 11.5. The van der Waals surface area contributed by atoms with Gasteiger partial charge in [-0.25, -0.2) is 4.98 Å². The topological polar surface area (TPSA) is 134 Å². The Morgan fingerprint density at radius 1 is 1.19 bits per heavy atom. The number of ether oxygens (including phenoxy) is 2. The zero-order chi connectivity index (χ0) is 25.2. The number of aromatic nitrogens is 3. The highest BCUT2D eigenvalue weighted by Gasteiger charge is 2.66. The molecule has 0 amide bonds. The number of aliphatic hydroxyl groups excluding tert-OH is 1. The van der Waals surface area contributed by atoms with Gasteiger partial charge in [-0.15, -0.1) is 0 Å². The first kappa shape index (κ1) is 22.6. The first-order chi connectivity index (χ1) is 17.3. The highest BCUT2D eigenvalue weighted by Crippen LogP contribution is 2.65. The molecule has 3 aromatic heterocycles. The van der Waals surface area contributed by atoms with Gasteiger partial charge in [0.15, 0.2) is 0 Å². The fourth-order valence-electron chi connectivity index (χ4n) is 5.56. The standard InChI is InChI=1S/C26H21ClN4O5/c1-25-18(32)11-26(36-25,8-10-35-19-7-5-15(27)13-30-19)21-20(25)23(33)31(24(21)34)17-6-4-14(12-28)22-16(17)3-2-9-29-22/h2-7,9,13,18,32-34H,8,10-11H2,1H3/t18?,25-,26+/m1/s1. The lowest BCUT2D eigenvalue weighted by Gasteiger charge is -2.26. The first-order valence-corrected chi connectivity index (χ1v) is 11.8. The van der Waals surface area contributed by atoms with Crippen molar-refractivity contribution in [1.82, 2.24) is 14.5 Å². The van der Waals surface area contributed by atoms with Crippen molar-refractivity contribution >= 4 is 22.5 Å². The molecule has 10 heteroatoms. The average Bonchev–Trinajstić information content (AvgIpc) is 3.41. The van der Waals surface area contributed by atoms with E-state index in [-0.39, 0.29) is 24.8 Å². The summed E-state index contributed by atoms with van der Waals surface area (Å²) in [6, 6.07) is 12.2. The van der Waals surface area contributed by atoms with Gasteiger partial charge in [0.1, 0.15) is 17.3 Å². The van der Waals surface area contributed by atoms with Crippen LogP contribution in [0, 0.1) is 11.3 Å². The Kier molecular flexibility index (Phi) is 4.92. The van der Waals surface area contributed by atoms with Gasteiger partial charge < -0.3 is 24.8 Å². The molecule has 0 saturated carbocycles. The van der Waals surface area contributed by atoms with Crippen LogP contribution >= 0.6 is 11.6 Å². The lowest BCUT2D eigenvalue weighted by Crippen LogP contribution is -2.33. The zero-order valence-corrected chi connectivity index (χ0v) is 19.9. The number of nitriles is 1. The maximum atomic E-state index is 11.5. The summed E-state index contributed by atoms with van der Waals surface area (Å²) in [6.07, 6.45) is 2.68. The third kappa shape index (κ3) is 3.02. The Labute approximate surface area is 210 Å². The summed E-state index contributed by atoms with van der Waals surface area (Å²) in [5, 5.41) is 44.4. The van der Waals surface area contributed by atoms with E-state index >= 15 is 0 Å². The summed E-state index contributed by atoms with van der Waals surface area (Å²) in [4.78, 5) is 8.45. The smallest absolute Gasteiger partial charge is 0.213 e. The molecule has 36 heavy (non-hydrogen) atoms. The van der Waals surface area contributed by atoms with Gasteiger partial charge >= 0.3 is 0 Å². The van der Waals surface area contributed by atoms with Crippen LogP contribution in [0.1, 0.15) is 36.5 Å². The van der Waals surface area contributed by atoms with Gasteiger partial charge in [-0.3, -0.25) is 9.55 Å². The SMILES string of the molecule is C[C@@]12O[C@@](CCOc3ccc(Cl)cn3)(CC1O)c1c2c(O)n(-c2ccc(C#N)c3ncccc23)c1O. The molecular formula is C26H21ClN4O5. The van der Waals surface area contributed by atoms with E-state index in [0.29, 0.717) is 50.6 Å². The summed E-state index contributed by atoms with van der Waals surface area (Å²) in [7, 11) is 0. The van der Waals surface area contributed by atoms with E-state index in [9.17, 15) is 20.6 Å². The van der Waals surface area contributed by atoms with Crippen molar-refractivity contribution in [3.05, 3.63) is 70.5 Å². The van der Waals surface area contributed by atoms with Gasteiger partial charge in [-0.2, -0.15) is 5.26 Å². The molecule has 0 radical (unpaired) electrons. The lowest BCUT2D eigenvalue weighted by molar-refractivity contribution is -0.107. The summed E-state index contributed by atoms with van der Waals surface area (Å²) < 4.78 is 13.4. The van der Waals surface area contributed by atoms with Crippen molar-refractivity contribution in [2.75, 3.05) is 6.61 Å². The summed E-state index contributed by atoms with van der Waals surface area (Å²) in [5.41, 5.74) is -0.259. The molecule has 5 heterocycles. The normalized spacial score (nSPS) is 24.1. The van der Waals surface area contributed by atoms with Crippen LogP contribution in [0.3, 0.4) is 0 Å². The monoisotopic (exact) mass is 504 g/mol. The van der Waals surface area contributed by atoms with Crippen molar-refractivity contribution < 1.29 is 24.8 Å². The van der Waals surface area contributed by atoms with Crippen molar-refractivity contribution in [2.24, 2.45) is 0 Å². The van der Waals surface area contributed by atoms with E-state index in [4.69, 9.17) is 21.1 Å². The second-order valence-electron chi connectivity index (χ2n) is 9.21. The van der Waals surface area contributed by atoms with Crippen LogP contribution in [0.5, 0.6) is 17.6 Å². The molecule has 1 unspecified atom stereocenters. The third-order valence-corrected chi connectivity index (χ3v) is 7.43. The predicted molar refractivity (Wildman–Crippen MR) is 129 cm³/mol. The van der Waals surface area contributed by atoms with Gasteiger partial charge in [0.25, 0.3) is 0 Å².